The first-order chi connectivity index (χ1) is 14.6. The maximum atomic E-state index is 11.9. The maximum Gasteiger partial charge on any atom is 0.399 e. The monoisotopic (exact) mass is 450 g/mol. The van der Waals surface area contributed by atoms with Gasteiger partial charge in [-0.25, -0.2) is 8.37 Å². The van der Waals surface area contributed by atoms with Crippen molar-refractivity contribution in [3.05, 3.63) is 58.7 Å². The fraction of sp³-hybridized carbons (Fsp3) is 0.455. The molecular formula is C22H34N4O4S. The molecule has 0 fully saturated rings. The highest BCUT2D eigenvalue weighted by Crippen LogP contribution is 2.19. The van der Waals surface area contributed by atoms with Crippen LogP contribution in [0.5, 0.6) is 0 Å². The van der Waals surface area contributed by atoms with Gasteiger partial charge in [0.1, 0.15) is 0 Å². The Bertz CT molecular complexity index is 894. The van der Waals surface area contributed by atoms with Crippen molar-refractivity contribution in [1.29, 1.82) is 0 Å². The van der Waals surface area contributed by atoms with Gasteiger partial charge >= 0.3 is 10.4 Å². The predicted octanol–water partition coefficient (Wildman–Crippen LogP) is 2.75. The smallest absolute Gasteiger partial charge is 0.399 e. The molecule has 0 aliphatic rings. The topological polar surface area (TPSA) is 129 Å². The number of hydrogen-bond donors (Lipinski definition) is 4. The van der Waals surface area contributed by atoms with Crippen molar-refractivity contribution in [2.75, 3.05) is 37.8 Å². The average Bonchev–Trinajstić information content (AvgIpc) is 2.72. The summed E-state index contributed by atoms with van der Waals surface area (Å²) in [5, 5.41) is 6.44. The Balaban J connectivity index is 1.66. The summed E-state index contributed by atoms with van der Waals surface area (Å²) in [6, 6.07) is 11.7. The molecular weight excluding hydrogens is 416 g/mol. The fourth-order valence-corrected chi connectivity index (χ4v) is 3.69. The fourth-order valence-electron chi connectivity index (χ4n) is 3.04. The number of anilines is 2. The van der Waals surface area contributed by atoms with Crippen LogP contribution in [0.4, 0.5) is 11.4 Å². The molecule has 0 radical (unpaired) electrons. The molecule has 8 nitrogen and oxygen atoms in total. The Morgan fingerprint density at radius 3 is 1.55 bits per heavy atom. The molecule has 2 unspecified atom stereocenters. The summed E-state index contributed by atoms with van der Waals surface area (Å²) in [4.78, 5) is 0. The highest BCUT2D eigenvalue weighted by Gasteiger charge is 2.13. The molecule has 9 heteroatoms. The van der Waals surface area contributed by atoms with Crippen LogP contribution in [-0.2, 0) is 18.8 Å². The van der Waals surface area contributed by atoms with Crippen molar-refractivity contribution in [2.45, 2.75) is 39.8 Å². The molecule has 31 heavy (non-hydrogen) atoms. The lowest BCUT2D eigenvalue weighted by Gasteiger charge is -2.16. The Labute approximate surface area is 185 Å². The van der Waals surface area contributed by atoms with Crippen molar-refractivity contribution >= 4 is 21.8 Å². The Kier molecular flexibility index (Phi) is 9.27. The molecule has 0 spiro atoms. The lowest BCUT2D eigenvalue weighted by Crippen LogP contribution is -2.27. The third kappa shape index (κ3) is 8.12. The number of nitrogens with two attached hydrogens (primary N) is 2. The highest BCUT2D eigenvalue weighted by molar-refractivity contribution is 7.81. The third-order valence-corrected chi connectivity index (χ3v) is 6.06. The van der Waals surface area contributed by atoms with Crippen LogP contribution in [0.25, 0.3) is 0 Å². The van der Waals surface area contributed by atoms with Gasteiger partial charge in [-0.15, -0.1) is 0 Å². The average molecular weight is 451 g/mol. The van der Waals surface area contributed by atoms with Crippen molar-refractivity contribution in [1.82, 2.24) is 10.6 Å². The second-order valence-electron chi connectivity index (χ2n) is 7.64. The third-order valence-electron chi connectivity index (χ3n) is 5.15. The predicted molar refractivity (Wildman–Crippen MR) is 125 cm³/mol. The number of nitrogen functional groups attached to an aromatic ring is 2. The van der Waals surface area contributed by atoms with E-state index in [2.05, 4.69) is 10.6 Å². The second kappa shape index (κ2) is 11.4. The van der Waals surface area contributed by atoms with Gasteiger partial charge in [0.15, 0.2) is 0 Å². The van der Waals surface area contributed by atoms with E-state index < -0.39 is 10.4 Å². The van der Waals surface area contributed by atoms with Gasteiger partial charge in [-0.2, -0.15) is 8.42 Å². The molecule has 2 aromatic carbocycles. The van der Waals surface area contributed by atoms with Gasteiger partial charge < -0.3 is 22.1 Å². The van der Waals surface area contributed by atoms with Crippen LogP contribution in [0.2, 0.25) is 0 Å². The van der Waals surface area contributed by atoms with Gasteiger partial charge in [-0.1, -0.05) is 24.3 Å². The van der Waals surface area contributed by atoms with Crippen LogP contribution in [0.15, 0.2) is 36.4 Å². The van der Waals surface area contributed by atoms with E-state index in [1.54, 1.807) is 0 Å². The number of rotatable bonds is 12. The zero-order valence-corrected chi connectivity index (χ0v) is 19.5. The summed E-state index contributed by atoms with van der Waals surface area (Å²) in [6.45, 7) is 8.56. The molecule has 0 aromatic heterocycles. The van der Waals surface area contributed by atoms with Crippen LogP contribution in [0.3, 0.4) is 0 Å². The van der Waals surface area contributed by atoms with E-state index >= 15 is 0 Å². The first-order valence-corrected chi connectivity index (χ1v) is 11.6. The van der Waals surface area contributed by atoms with E-state index in [1.807, 2.05) is 64.1 Å². The first kappa shape index (κ1) is 25.1. The summed E-state index contributed by atoms with van der Waals surface area (Å²) in [5.74, 6) is 0. The van der Waals surface area contributed by atoms with Crippen LogP contribution >= 0.6 is 0 Å². The number of benzene rings is 2. The SMILES string of the molecule is Cc1cc(C(C)NCCOS(=O)(=O)OCCNC(C)c2ccc(N)c(C)c2)ccc1N. The van der Waals surface area contributed by atoms with Gasteiger partial charge in [0.2, 0.25) is 0 Å². The molecule has 2 atom stereocenters. The van der Waals surface area contributed by atoms with Crippen molar-refractivity contribution < 1.29 is 16.8 Å². The van der Waals surface area contributed by atoms with E-state index in [0.29, 0.717) is 13.1 Å². The molecule has 0 saturated carbocycles. The molecule has 172 valence electrons. The maximum absolute atomic E-state index is 11.9. The van der Waals surface area contributed by atoms with Gasteiger partial charge in [0.25, 0.3) is 0 Å². The van der Waals surface area contributed by atoms with E-state index in [9.17, 15) is 8.42 Å². The molecule has 0 saturated heterocycles. The highest BCUT2D eigenvalue weighted by atomic mass is 32.3. The van der Waals surface area contributed by atoms with Crippen LogP contribution in [0.1, 0.15) is 48.2 Å². The van der Waals surface area contributed by atoms with E-state index in [1.165, 1.54) is 0 Å². The summed E-state index contributed by atoms with van der Waals surface area (Å²) >= 11 is 0. The number of nitrogens with one attached hydrogen (secondary N) is 2. The zero-order chi connectivity index (χ0) is 23.0. The molecule has 0 bridgehead atoms. The lowest BCUT2D eigenvalue weighted by atomic mass is 10.0. The van der Waals surface area contributed by atoms with E-state index in [0.717, 1.165) is 33.6 Å². The quantitative estimate of drug-likeness (QED) is 0.287. The van der Waals surface area contributed by atoms with Gasteiger partial charge in [0.05, 0.1) is 13.2 Å². The van der Waals surface area contributed by atoms with Crippen LogP contribution < -0.4 is 22.1 Å². The van der Waals surface area contributed by atoms with E-state index in [-0.39, 0.29) is 25.3 Å². The first-order valence-electron chi connectivity index (χ1n) is 10.3. The number of hydrogen-bond acceptors (Lipinski definition) is 8. The Hall–Kier alpha value is -2.17. The van der Waals surface area contributed by atoms with Crippen molar-refractivity contribution in [3.63, 3.8) is 0 Å². The summed E-state index contributed by atoms with van der Waals surface area (Å²) in [5.41, 5.74) is 17.3. The molecule has 0 heterocycles. The normalized spacial score (nSPS) is 13.8. The Morgan fingerprint density at radius 2 is 1.19 bits per heavy atom. The minimum absolute atomic E-state index is 0.0187. The largest absolute Gasteiger partial charge is 0.399 e. The summed E-state index contributed by atoms with van der Waals surface area (Å²) < 4.78 is 33.6. The van der Waals surface area contributed by atoms with Crippen molar-refractivity contribution in [3.8, 4) is 0 Å². The molecule has 6 N–H and O–H groups in total. The minimum atomic E-state index is -4.04. The summed E-state index contributed by atoms with van der Waals surface area (Å²) in [7, 11) is -4.04. The molecule has 2 rings (SSSR count). The van der Waals surface area contributed by atoms with Crippen LogP contribution in [0, 0.1) is 13.8 Å². The molecule has 0 amide bonds. The molecule has 0 aliphatic heterocycles. The summed E-state index contributed by atoms with van der Waals surface area (Å²) in [6.07, 6.45) is 0. The van der Waals surface area contributed by atoms with Gasteiger partial charge in [-0.05, 0) is 62.1 Å². The lowest BCUT2D eigenvalue weighted by molar-refractivity contribution is 0.212. The standard InChI is InChI=1S/C22H34N4O4S/c1-15-13-19(5-7-21(15)23)17(3)25-9-11-29-31(27,28)30-12-10-26-18(4)20-6-8-22(24)16(2)14-20/h5-8,13-14,17-18,25-26H,9-12,23-24H2,1-4H3. The molecule has 0 aliphatic carbocycles. The van der Waals surface area contributed by atoms with Crippen LogP contribution in [-0.4, -0.2) is 34.7 Å². The molecule has 2 aromatic rings. The van der Waals surface area contributed by atoms with Crippen molar-refractivity contribution in [2.24, 2.45) is 0 Å². The Morgan fingerprint density at radius 1 is 0.806 bits per heavy atom. The van der Waals surface area contributed by atoms with E-state index in [4.69, 9.17) is 19.8 Å². The van der Waals surface area contributed by atoms with Gasteiger partial charge in [-0.3, -0.25) is 0 Å². The van der Waals surface area contributed by atoms with Gasteiger partial charge in [0, 0.05) is 36.5 Å². The minimum Gasteiger partial charge on any atom is -0.399 e. The zero-order valence-electron chi connectivity index (χ0n) is 18.6. The second-order valence-corrected chi connectivity index (χ2v) is 8.92. The number of aryl methyl sites for hydroxylation is 2.